The Balaban J connectivity index is 1.78. The van der Waals surface area contributed by atoms with Gasteiger partial charge >= 0.3 is 5.97 Å². The van der Waals surface area contributed by atoms with Gasteiger partial charge in [0.1, 0.15) is 0 Å². The number of aromatic hydroxyl groups is 1. The van der Waals surface area contributed by atoms with E-state index in [1.54, 1.807) is 24.3 Å². The van der Waals surface area contributed by atoms with Gasteiger partial charge in [0, 0.05) is 6.04 Å². The van der Waals surface area contributed by atoms with Gasteiger partial charge < -0.3 is 20.1 Å². The van der Waals surface area contributed by atoms with E-state index in [0.29, 0.717) is 5.56 Å². The first-order chi connectivity index (χ1) is 14.8. The number of benzene rings is 2. The maximum absolute atomic E-state index is 13.3. The van der Waals surface area contributed by atoms with Crippen molar-refractivity contribution in [3.63, 3.8) is 0 Å². The Kier molecular flexibility index (Phi) is 5.16. The average molecular weight is 426 g/mol. The van der Waals surface area contributed by atoms with Crippen LogP contribution in [0.25, 0.3) is 0 Å². The lowest BCUT2D eigenvalue weighted by atomic mass is 9.79. The lowest BCUT2D eigenvalue weighted by molar-refractivity contribution is -0.153. The Hall–Kier alpha value is -3.43. The van der Waals surface area contributed by atoms with E-state index in [1.165, 1.54) is 25.3 Å². The van der Waals surface area contributed by atoms with E-state index in [1.807, 2.05) is 6.07 Å². The summed E-state index contributed by atoms with van der Waals surface area (Å²) in [5, 5.41) is 32.7. The highest BCUT2D eigenvalue weighted by molar-refractivity contribution is 6.09. The number of phenols is 1. The third-order valence-electron chi connectivity index (χ3n) is 6.12. The molecule has 2 aliphatic rings. The summed E-state index contributed by atoms with van der Waals surface area (Å²) >= 11 is 0. The van der Waals surface area contributed by atoms with Crippen molar-refractivity contribution >= 4 is 17.8 Å². The molecule has 2 heterocycles. The second kappa shape index (κ2) is 7.68. The van der Waals surface area contributed by atoms with Gasteiger partial charge in [0.2, 0.25) is 11.8 Å². The van der Waals surface area contributed by atoms with Crippen LogP contribution in [0.5, 0.6) is 11.5 Å². The number of nitrogens with zero attached hydrogens (tertiary/aromatic N) is 1. The molecule has 2 aliphatic heterocycles. The number of hydrogen-bond acceptors (Lipinski definition) is 7. The van der Waals surface area contributed by atoms with Crippen molar-refractivity contribution in [1.82, 2.24) is 10.2 Å². The maximum Gasteiger partial charge on any atom is 0.327 e. The van der Waals surface area contributed by atoms with Crippen molar-refractivity contribution in [2.45, 2.75) is 18.1 Å². The molecule has 4 rings (SSSR count). The second-order valence-electron chi connectivity index (χ2n) is 7.74. The van der Waals surface area contributed by atoms with Crippen LogP contribution in [-0.4, -0.2) is 57.3 Å². The lowest BCUT2D eigenvalue weighted by Gasteiger charge is -2.29. The molecule has 0 aromatic heterocycles. The Bertz CT molecular complexity index is 1040. The zero-order valence-corrected chi connectivity index (χ0v) is 16.7. The van der Waals surface area contributed by atoms with Crippen LogP contribution in [-0.2, 0) is 20.9 Å². The molecule has 0 saturated carbocycles. The number of amides is 2. The van der Waals surface area contributed by atoms with E-state index < -0.39 is 47.8 Å². The molecule has 2 saturated heterocycles. The van der Waals surface area contributed by atoms with Crippen LogP contribution >= 0.6 is 0 Å². The van der Waals surface area contributed by atoms with Crippen LogP contribution in [0.2, 0.25) is 0 Å². The van der Waals surface area contributed by atoms with E-state index in [-0.39, 0.29) is 18.0 Å². The number of aliphatic hydroxyl groups is 1. The van der Waals surface area contributed by atoms with Crippen molar-refractivity contribution in [3.8, 4) is 11.5 Å². The molecule has 4 atom stereocenters. The highest BCUT2D eigenvalue weighted by atomic mass is 16.5. The monoisotopic (exact) mass is 426 g/mol. The Morgan fingerprint density at radius 1 is 1.16 bits per heavy atom. The van der Waals surface area contributed by atoms with E-state index in [0.717, 1.165) is 10.5 Å². The fourth-order valence-corrected chi connectivity index (χ4v) is 4.57. The van der Waals surface area contributed by atoms with Crippen molar-refractivity contribution in [2.24, 2.45) is 11.8 Å². The average Bonchev–Trinajstić information content (AvgIpc) is 3.25. The van der Waals surface area contributed by atoms with Gasteiger partial charge in [-0.05, 0) is 23.3 Å². The fourth-order valence-electron chi connectivity index (χ4n) is 4.57. The number of methoxy groups -OCH3 is 1. The van der Waals surface area contributed by atoms with Gasteiger partial charge in [-0.2, -0.15) is 0 Å². The molecule has 2 aromatic carbocycles. The van der Waals surface area contributed by atoms with Gasteiger partial charge in [-0.25, -0.2) is 0 Å². The number of nitrogens with one attached hydrogen (secondary N) is 1. The molecule has 9 heteroatoms. The Morgan fingerprint density at radius 2 is 1.87 bits per heavy atom. The lowest BCUT2D eigenvalue weighted by Crippen LogP contribution is -2.58. The van der Waals surface area contributed by atoms with Gasteiger partial charge in [-0.1, -0.05) is 36.4 Å². The van der Waals surface area contributed by atoms with Gasteiger partial charge in [0.15, 0.2) is 17.0 Å². The molecule has 0 spiro atoms. The maximum atomic E-state index is 13.3. The zero-order chi connectivity index (χ0) is 22.3. The normalized spacial score (nSPS) is 27.4. The molecule has 31 heavy (non-hydrogen) atoms. The van der Waals surface area contributed by atoms with E-state index in [4.69, 9.17) is 4.74 Å². The largest absolute Gasteiger partial charge is 0.504 e. The number of ether oxygens (including phenoxy) is 1. The molecule has 2 fully saturated rings. The molecule has 162 valence electrons. The first-order valence-electron chi connectivity index (χ1n) is 9.72. The predicted octanol–water partition coefficient (Wildman–Crippen LogP) is 0.662. The third-order valence-corrected chi connectivity index (χ3v) is 6.12. The van der Waals surface area contributed by atoms with E-state index in [9.17, 15) is 29.7 Å². The number of carboxylic acids is 1. The third kappa shape index (κ3) is 3.13. The Labute approximate surface area is 177 Å². The molecule has 0 bridgehead atoms. The summed E-state index contributed by atoms with van der Waals surface area (Å²) in [6.07, 6.45) is 0. The molecule has 2 amide bonds. The van der Waals surface area contributed by atoms with Crippen LogP contribution in [0, 0.1) is 11.8 Å². The molecule has 9 nitrogen and oxygen atoms in total. The number of aliphatic carboxylic acids is 1. The smallest absolute Gasteiger partial charge is 0.327 e. The van der Waals surface area contributed by atoms with Crippen molar-refractivity contribution in [3.05, 3.63) is 59.7 Å². The van der Waals surface area contributed by atoms with Crippen molar-refractivity contribution < 1.29 is 34.4 Å². The van der Waals surface area contributed by atoms with Crippen molar-refractivity contribution in [1.29, 1.82) is 0 Å². The first-order valence-corrected chi connectivity index (χ1v) is 9.72. The number of carboxylic acid groups (broad SMARTS) is 1. The topological polar surface area (TPSA) is 136 Å². The quantitative estimate of drug-likeness (QED) is 0.495. The number of likely N-dealkylation sites (tertiary alicyclic amines) is 1. The summed E-state index contributed by atoms with van der Waals surface area (Å²) in [7, 11) is 1.37. The SMILES string of the molecule is COc1cc(C2NC(CO)(C(=O)O)C3C(=O)N(Cc4ccccc4)C(=O)C23)ccc1O. The van der Waals surface area contributed by atoms with Gasteiger partial charge in [0.05, 0.1) is 32.1 Å². The minimum Gasteiger partial charge on any atom is -0.504 e. The van der Waals surface area contributed by atoms with Gasteiger partial charge in [-0.3, -0.25) is 24.6 Å². The summed E-state index contributed by atoms with van der Waals surface area (Å²) in [5.41, 5.74) is -0.826. The zero-order valence-electron chi connectivity index (χ0n) is 16.7. The molecule has 0 aliphatic carbocycles. The summed E-state index contributed by atoms with van der Waals surface area (Å²) < 4.78 is 5.12. The van der Waals surface area contributed by atoms with E-state index >= 15 is 0 Å². The molecular formula is C22H22N2O7. The summed E-state index contributed by atoms with van der Waals surface area (Å²) in [4.78, 5) is 39.9. The molecule has 4 unspecified atom stereocenters. The standard InChI is InChI=1S/C22H22N2O7/c1-31-15-9-13(7-8-14(15)26)18-16-17(22(11-25,23-18)21(29)30)20(28)24(19(16)27)10-12-5-3-2-4-6-12/h2-9,16-18,23,25-26H,10-11H2,1H3,(H,29,30). The highest BCUT2D eigenvalue weighted by Gasteiger charge is 2.68. The van der Waals surface area contributed by atoms with Crippen LogP contribution in [0.1, 0.15) is 17.2 Å². The highest BCUT2D eigenvalue weighted by Crippen LogP contribution is 2.49. The van der Waals surface area contributed by atoms with Crippen molar-refractivity contribution in [2.75, 3.05) is 13.7 Å². The van der Waals surface area contributed by atoms with Gasteiger partial charge in [0.25, 0.3) is 0 Å². The number of imide groups is 1. The number of aliphatic hydroxyl groups excluding tert-OH is 1. The summed E-state index contributed by atoms with van der Waals surface area (Å²) in [6, 6.07) is 12.4. The van der Waals surface area contributed by atoms with Crippen LogP contribution in [0.15, 0.2) is 48.5 Å². The first kappa shape index (κ1) is 20.8. The van der Waals surface area contributed by atoms with Crippen LogP contribution < -0.4 is 10.1 Å². The number of fused-ring (bicyclic) bond motifs is 1. The Morgan fingerprint density at radius 3 is 2.48 bits per heavy atom. The number of carbonyl (C=O) groups is 3. The number of rotatable bonds is 6. The summed E-state index contributed by atoms with van der Waals surface area (Å²) in [6.45, 7) is -0.855. The second-order valence-corrected chi connectivity index (χ2v) is 7.74. The van der Waals surface area contributed by atoms with Gasteiger partial charge in [-0.15, -0.1) is 0 Å². The van der Waals surface area contributed by atoms with Crippen LogP contribution in [0.3, 0.4) is 0 Å². The number of hydrogen-bond donors (Lipinski definition) is 4. The fraction of sp³-hybridized carbons (Fsp3) is 0.318. The molecule has 0 radical (unpaired) electrons. The molecule has 2 aromatic rings. The minimum atomic E-state index is -2.02. The van der Waals surface area contributed by atoms with E-state index in [2.05, 4.69) is 5.32 Å². The number of phenolic OH excluding ortho intramolecular Hbond substituents is 1. The number of carbonyl (C=O) groups excluding carboxylic acids is 2. The molecule has 4 N–H and O–H groups in total. The predicted molar refractivity (Wildman–Crippen MR) is 107 cm³/mol. The molecular weight excluding hydrogens is 404 g/mol. The van der Waals surface area contributed by atoms with Crippen LogP contribution in [0.4, 0.5) is 0 Å². The minimum absolute atomic E-state index is 0.0122. The summed E-state index contributed by atoms with van der Waals surface area (Å²) in [5.74, 6) is -4.86.